The Labute approximate surface area is 277 Å². The molecule has 0 bridgehead atoms. The van der Waals surface area contributed by atoms with Gasteiger partial charge in [-0.05, 0) is 75.3 Å². The van der Waals surface area contributed by atoms with E-state index in [1.165, 1.54) is 30.3 Å². The summed E-state index contributed by atoms with van der Waals surface area (Å²) in [7, 11) is 0. The lowest BCUT2D eigenvalue weighted by molar-refractivity contribution is -0.201. The molecule has 0 aliphatic heterocycles. The number of ether oxygens (including phenoxy) is 2. The van der Waals surface area contributed by atoms with Crippen LogP contribution in [-0.2, 0) is 22.1 Å². The molecule has 12 heteroatoms. The fourth-order valence-electron chi connectivity index (χ4n) is 5.56. The van der Waals surface area contributed by atoms with Crippen LogP contribution in [0.3, 0.4) is 0 Å². The Balaban J connectivity index is 1.83. The van der Waals surface area contributed by atoms with E-state index in [4.69, 9.17) is 19.6 Å². The van der Waals surface area contributed by atoms with E-state index in [1.54, 1.807) is 26.8 Å². The number of fused-ring (bicyclic) bond motifs is 1. The number of halogens is 6. The summed E-state index contributed by atoms with van der Waals surface area (Å²) >= 11 is 0. The second-order valence-corrected chi connectivity index (χ2v) is 14.4. The summed E-state index contributed by atoms with van der Waals surface area (Å²) in [5.41, 5.74) is 1.27. The molecule has 0 amide bonds. The van der Waals surface area contributed by atoms with Gasteiger partial charge in [0.15, 0.2) is 0 Å². The normalized spacial score (nSPS) is 14.9. The maximum Gasteiger partial charge on any atom is 0.417 e. The molecule has 1 aromatic heterocycles. The third-order valence-corrected chi connectivity index (χ3v) is 8.54. The topological polar surface area (TPSA) is 91.8 Å². The molecule has 1 heterocycles. The van der Waals surface area contributed by atoms with Gasteiger partial charge in [0.2, 0.25) is 0 Å². The van der Waals surface area contributed by atoms with Crippen LogP contribution in [0.1, 0.15) is 85.3 Å². The minimum absolute atomic E-state index is 0.0907. The molecule has 0 aliphatic carbocycles. The highest BCUT2D eigenvalue weighted by atomic mass is 19.4. The van der Waals surface area contributed by atoms with Gasteiger partial charge in [-0.1, -0.05) is 52.7 Å². The zero-order valence-electron chi connectivity index (χ0n) is 28.5. The van der Waals surface area contributed by atoms with E-state index in [9.17, 15) is 35.9 Å². The highest BCUT2D eigenvalue weighted by molar-refractivity contribution is 5.83. The van der Waals surface area contributed by atoms with E-state index in [1.807, 2.05) is 27.7 Å². The number of aryl methyl sites for hydroxylation is 1. The van der Waals surface area contributed by atoms with E-state index in [0.717, 1.165) is 25.3 Å². The summed E-state index contributed by atoms with van der Waals surface area (Å²) in [6, 6.07) is 8.96. The molecule has 3 rings (SSSR count). The number of nitrogens with two attached hydrogens (primary N) is 1. The molecule has 2 atom stereocenters. The van der Waals surface area contributed by atoms with Crippen molar-refractivity contribution < 1.29 is 45.0 Å². The number of alkyl halides is 6. The molecule has 3 aromatic rings. The number of carbonyl (C=O) groups is 1. The van der Waals surface area contributed by atoms with Gasteiger partial charge >= 0.3 is 23.9 Å². The van der Waals surface area contributed by atoms with E-state index in [2.05, 4.69) is 0 Å². The summed E-state index contributed by atoms with van der Waals surface area (Å²) in [4.78, 5) is 26.1. The van der Waals surface area contributed by atoms with Crippen LogP contribution in [0.2, 0.25) is 0 Å². The van der Waals surface area contributed by atoms with Crippen molar-refractivity contribution in [3.05, 3.63) is 64.0 Å². The average Bonchev–Trinajstić information content (AvgIpc) is 2.94. The maximum atomic E-state index is 14.0. The molecule has 266 valence electrons. The Morgan fingerprint density at radius 1 is 0.875 bits per heavy atom. The first-order chi connectivity index (χ1) is 22.0. The Morgan fingerprint density at radius 2 is 1.54 bits per heavy atom. The lowest BCUT2D eigenvalue weighted by Crippen LogP contribution is -2.56. The first kappa shape index (κ1) is 38.9. The predicted octanol–water partition coefficient (Wildman–Crippen LogP) is 9.49. The zero-order valence-corrected chi connectivity index (χ0v) is 28.5. The molecular weight excluding hydrogens is 640 g/mol. The van der Waals surface area contributed by atoms with E-state index < -0.39 is 59.6 Å². The third kappa shape index (κ3) is 9.76. The Hall–Kier alpha value is -3.54. The Bertz CT molecular complexity index is 1630. The summed E-state index contributed by atoms with van der Waals surface area (Å²) in [6.45, 7) is 10.5. The fourth-order valence-corrected chi connectivity index (χ4v) is 5.56. The number of hydrogen-bond acceptors (Lipinski definition) is 6. The number of benzene rings is 2. The average molecular weight is 686 g/mol. The van der Waals surface area contributed by atoms with Gasteiger partial charge in [0, 0.05) is 22.6 Å². The number of hydrogen-bond donors (Lipinski definition) is 1. The predicted molar refractivity (Wildman–Crippen MR) is 173 cm³/mol. The van der Waals surface area contributed by atoms with Crippen LogP contribution in [-0.4, -0.2) is 30.9 Å². The van der Waals surface area contributed by atoms with Gasteiger partial charge in [-0.25, -0.2) is 4.79 Å². The Morgan fingerprint density at radius 3 is 2.10 bits per heavy atom. The first-order valence-corrected chi connectivity index (χ1v) is 15.9. The monoisotopic (exact) mass is 685 g/mol. The van der Waals surface area contributed by atoms with Gasteiger partial charge in [-0.15, -0.1) is 0 Å². The lowest BCUT2D eigenvalue weighted by Gasteiger charge is -2.43. The molecule has 2 unspecified atom stereocenters. The van der Waals surface area contributed by atoms with Crippen molar-refractivity contribution in [2.75, 3.05) is 13.2 Å². The van der Waals surface area contributed by atoms with Gasteiger partial charge < -0.3 is 19.6 Å². The van der Waals surface area contributed by atoms with Crippen molar-refractivity contribution in [2.24, 2.45) is 22.5 Å². The standard InChI is InChI=1S/C36H45F6NO5/c1-8-9-10-11-22-12-15-26(28(16-22)36(40,41)42)27-17-23-13-14-25(18-29(23)48-30(27)44)46-19-24(35(37,38)39)20-47-31(45)34(7,33(5,6)43)21-32(2,3)4/h12-18,24H,8-11,19-21,43H2,1-7H3. The quantitative estimate of drug-likeness (QED) is 0.0834. The van der Waals surface area contributed by atoms with Gasteiger partial charge in [-0.3, -0.25) is 4.79 Å². The summed E-state index contributed by atoms with van der Waals surface area (Å²) in [5, 5.41) is 0.237. The van der Waals surface area contributed by atoms with Crippen LogP contribution in [0.25, 0.3) is 22.1 Å². The van der Waals surface area contributed by atoms with Crippen molar-refractivity contribution in [1.29, 1.82) is 0 Å². The minimum Gasteiger partial charge on any atom is -0.493 e. The maximum absolute atomic E-state index is 14.0. The molecule has 0 saturated carbocycles. The third-order valence-electron chi connectivity index (χ3n) is 8.54. The number of unbranched alkanes of at least 4 members (excludes halogenated alkanes) is 2. The van der Waals surface area contributed by atoms with Crippen molar-refractivity contribution in [3.8, 4) is 16.9 Å². The first-order valence-electron chi connectivity index (χ1n) is 15.9. The highest BCUT2D eigenvalue weighted by Crippen LogP contribution is 2.42. The molecule has 0 aliphatic rings. The van der Waals surface area contributed by atoms with E-state index >= 15 is 0 Å². The zero-order chi connectivity index (χ0) is 36.3. The van der Waals surface area contributed by atoms with Crippen molar-refractivity contribution in [1.82, 2.24) is 0 Å². The molecule has 0 spiro atoms. The van der Waals surface area contributed by atoms with E-state index in [-0.39, 0.29) is 39.7 Å². The molecule has 0 radical (unpaired) electrons. The second kappa shape index (κ2) is 14.5. The smallest absolute Gasteiger partial charge is 0.417 e. The van der Waals surface area contributed by atoms with Gasteiger partial charge in [0.05, 0.1) is 16.5 Å². The van der Waals surface area contributed by atoms with E-state index in [0.29, 0.717) is 12.0 Å². The summed E-state index contributed by atoms with van der Waals surface area (Å²) in [5.74, 6) is -3.15. The summed E-state index contributed by atoms with van der Waals surface area (Å²) < 4.78 is 100.0. The Kier molecular flexibility index (Phi) is 11.8. The molecule has 0 fully saturated rings. The fraction of sp³-hybridized carbons (Fsp3) is 0.556. The molecule has 0 saturated heterocycles. The lowest BCUT2D eigenvalue weighted by atomic mass is 9.65. The molecule has 48 heavy (non-hydrogen) atoms. The summed E-state index contributed by atoms with van der Waals surface area (Å²) in [6.07, 6.45) is -6.28. The van der Waals surface area contributed by atoms with Crippen LogP contribution >= 0.6 is 0 Å². The van der Waals surface area contributed by atoms with Gasteiger partial charge in [-0.2, -0.15) is 26.3 Å². The number of rotatable bonds is 13. The van der Waals surface area contributed by atoms with Crippen molar-refractivity contribution >= 4 is 16.9 Å². The van der Waals surface area contributed by atoms with Crippen molar-refractivity contribution in [3.63, 3.8) is 0 Å². The second-order valence-electron chi connectivity index (χ2n) is 14.4. The van der Waals surface area contributed by atoms with Gasteiger partial charge in [0.25, 0.3) is 0 Å². The molecular formula is C36H45F6NO5. The van der Waals surface area contributed by atoms with Crippen LogP contribution < -0.4 is 16.1 Å². The SMILES string of the molecule is CCCCCc1ccc(-c2cc3ccc(OCC(COC(=O)C(C)(CC(C)(C)C)C(C)(C)N)C(F)(F)F)cc3oc2=O)c(C(F)(F)F)c1. The van der Waals surface area contributed by atoms with Crippen molar-refractivity contribution in [2.45, 2.75) is 98.5 Å². The van der Waals surface area contributed by atoms with Crippen LogP contribution in [0, 0.1) is 16.7 Å². The molecule has 2 aromatic carbocycles. The van der Waals surface area contributed by atoms with Crippen LogP contribution in [0.15, 0.2) is 51.7 Å². The molecule has 6 nitrogen and oxygen atoms in total. The minimum atomic E-state index is -4.79. The van der Waals surface area contributed by atoms with Gasteiger partial charge in [0.1, 0.15) is 30.5 Å². The largest absolute Gasteiger partial charge is 0.493 e. The highest BCUT2D eigenvalue weighted by Gasteiger charge is 2.49. The molecule has 2 N–H and O–H groups in total. The van der Waals surface area contributed by atoms with Crippen LogP contribution in [0.4, 0.5) is 26.3 Å². The number of esters is 1. The number of carbonyl (C=O) groups excluding carboxylic acids is 1. The van der Waals surface area contributed by atoms with Crippen LogP contribution in [0.5, 0.6) is 5.75 Å².